The van der Waals surface area contributed by atoms with E-state index in [9.17, 15) is 0 Å². The van der Waals surface area contributed by atoms with Crippen molar-refractivity contribution in [3.63, 3.8) is 0 Å². The van der Waals surface area contributed by atoms with Crippen molar-refractivity contribution in [3.05, 3.63) is 31.8 Å². The van der Waals surface area contributed by atoms with Crippen molar-refractivity contribution in [2.24, 2.45) is 0 Å². The van der Waals surface area contributed by atoms with Crippen molar-refractivity contribution in [1.29, 1.82) is 0 Å². The molecule has 1 heterocycles. The van der Waals surface area contributed by atoms with Gasteiger partial charge in [0.1, 0.15) is 0 Å². The molecule has 1 aromatic carbocycles. The van der Waals surface area contributed by atoms with Crippen molar-refractivity contribution >= 4 is 38.5 Å². The minimum atomic E-state index is 0.422. The van der Waals surface area contributed by atoms with Gasteiger partial charge in [-0.25, -0.2) is 0 Å². The SMILES string of the molecule is CNC(CCCC1CCCO1)c1cc(I)ccc1Br. The summed E-state index contributed by atoms with van der Waals surface area (Å²) in [4.78, 5) is 0. The molecule has 1 aromatic rings. The van der Waals surface area contributed by atoms with Gasteiger partial charge in [-0.3, -0.25) is 0 Å². The maximum atomic E-state index is 5.69. The van der Waals surface area contributed by atoms with Crippen LogP contribution in [0.4, 0.5) is 0 Å². The predicted molar refractivity (Wildman–Crippen MR) is 91.5 cm³/mol. The highest BCUT2D eigenvalue weighted by atomic mass is 127. The van der Waals surface area contributed by atoms with Crippen LogP contribution in [0.5, 0.6) is 0 Å². The maximum absolute atomic E-state index is 5.69. The van der Waals surface area contributed by atoms with Crippen molar-refractivity contribution in [2.75, 3.05) is 13.7 Å². The summed E-state index contributed by atoms with van der Waals surface area (Å²) in [7, 11) is 2.04. The highest BCUT2D eigenvalue weighted by Gasteiger charge is 2.17. The lowest BCUT2D eigenvalue weighted by Crippen LogP contribution is -2.17. The average molecular weight is 438 g/mol. The zero-order valence-electron chi connectivity index (χ0n) is 11.3. The smallest absolute Gasteiger partial charge is 0.0576 e. The monoisotopic (exact) mass is 437 g/mol. The number of ether oxygens (including phenoxy) is 1. The van der Waals surface area contributed by atoms with Gasteiger partial charge in [-0.05, 0) is 85.5 Å². The lowest BCUT2D eigenvalue weighted by atomic mass is 9.99. The fourth-order valence-electron chi connectivity index (χ4n) is 2.66. The first-order valence-electron chi connectivity index (χ1n) is 6.94. The van der Waals surface area contributed by atoms with Crippen molar-refractivity contribution in [2.45, 2.75) is 44.2 Å². The van der Waals surface area contributed by atoms with Gasteiger partial charge in [-0.15, -0.1) is 0 Å². The Morgan fingerprint density at radius 1 is 1.53 bits per heavy atom. The van der Waals surface area contributed by atoms with E-state index in [2.05, 4.69) is 62.0 Å². The van der Waals surface area contributed by atoms with Crippen LogP contribution in [0.1, 0.15) is 43.7 Å². The first-order chi connectivity index (χ1) is 9.20. The van der Waals surface area contributed by atoms with Gasteiger partial charge in [0, 0.05) is 20.7 Å². The van der Waals surface area contributed by atoms with Crippen LogP contribution in [0.15, 0.2) is 22.7 Å². The Balaban J connectivity index is 1.89. The van der Waals surface area contributed by atoms with Crippen LogP contribution in [-0.2, 0) is 4.74 Å². The second-order valence-corrected chi connectivity index (χ2v) is 7.17. The fraction of sp³-hybridized carbons (Fsp3) is 0.600. The number of rotatable bonds is 6. The first kappa shape index (κ1) is 15.7. The molecule has 2 atom stereocenters. The number of nitrogens with one attached hydrogen (secondary N) is 1. The van der Waals surface area contributed by atoms with E-state index in [0.717, 1.165) is 13.0 Å². The Bertz CT molecular complexity index is 407. The van der Waals surface area contributed by atoms with E-state index in [4.69, 9.17) is 4.74 Å². The molecule has 0 saturated carbocycles. The fourth-order valence-corrected chi connectivity index (χ4v) is 3.70. The molecule has 0 aliphatic carbocycles. The maximum Gasteiger partial charge on any atom is 0.0576 e. The van der Waals surface area contributed by atoms with Crippen LogP contribution >= 0.6 is 38.5 Å². The van der Waals surface area contributed by atoms with Gasteiger partial charge in [0.05, 0.1) is 6.10 Å². The molecule has 1 aliphatic heterocycles. The van der Waals surface area contributed by atoms with Crippen LogP contribution in [0.3, 0.4) is 0 Å². The number of hydrogen-bond donors (Lipinski definition) is 1. The number of halogens is 2. The molecule has 0 radical (unpaired) electrons. The molecule has 2 unspecified atom stereocenters. The third kappa shape index (κ3) is 4.69. The van der Waals surface area contributed by atoms with Crippen LogP contribution in [0.25, 0.3) is 0 Å². The summed E-state index contributed by atoms with van der Waals surface area (Å²) in [6.45, 7) is 0.961. The normalized spacial score (nSPS) is 20.7. The molecule has 0 amide bonds. The second kappa shape index (κ2) is 7.96. The van der Waals surface area contributed by atoms with E-state index in [1.807, 2.05) is 7.05 Å². The van der Waals surface area contributed by atoms with E-state index < -0.39 is 0 Å². The lowest BCUT2D eigenvalue weighted by molar-refractivity contribution is 0.101. The van der Waals surface area contributed by atoms with Gasteiger partial charge in [0.2, 0.25) is 0 Å². The van der Waals surface area contributed by atoms with E-state index in [1.54, 1.807) is 0 Å². The number of benzene rings is 1. The van der Waals surface area contributed by atoms with E-state index >= 15 is 0 Å². The molecule has 1 saturated heterocycles. The van der Waals surface area contributed by atoms with Gasteiger partial charge < -0.3 is 10.1 Å². The largest absolute Gasteiger partial charge is 0.378 e. The van der Waals surface area contributed by atoms with E-state index in [0.29, 0.717) is 12.1 Å². The molecule has 2 rings (SSSR count). The summed E-state index contributed by atoms with van der Waals surface area (Å²) in [6.07, 6.45) is 6.57. The Labute approximate surface area is 138 Å². The molecule has 4 heteroatoms. The zero-order chi connectivity index (χ0) is 13.7. The highest BCUT2D eigenvalue weighted by Crippen LogP contribution is 2.29. The minimum absolute atomic E-state index is 0.422. The van der Waals surface area contributed by atoms with E-state index in [-0.39, 0.29) is 0 Å². The summed E-state index contributed by atoms with van der Waals surface area (Å²) in [5.41, 5.74) is 1.36. The van der Waals surface area contributed by atoms with Crippen molar-refractivity contribution in [3.8, 4) is 0 Å². The van der Waals surface area contributed by atoms with Crippen LogP contribution in [-0.4, -0.2) is 19.8 Å². The van der Waals surface area contributed by atoms with Crippen LogP contribution < -0.4 is 5.32 Å². The zero-order valence-corrected chi connectivity index (χ0v) is 15.0. The lowest BCUT2D eigenvalue weighted by Gasteiger charge is -2.19. The summed E-state index contributed by atoms with van der Waals surface area (Å²) >= 11 is 6.03. The molecule has 19 heavy (non-hydrogen) atoms. The summed E-state index contributed by atoms with van der Waals surface area (Å²) in [5, 5.41) is 3.44. The molecule has 2 nitrogen and oxygen atoms in total. The highest BCUT2D eigenvalue weighted by molar-refractivity contribution is 14.1. The topological polar surface area (TPSA) is 21.3 Å². The van der Waals surface area contributed by atoms with Gasteiger partial charge in [0.25, 0.3) is 0 Å². The standard InChI is InChI=1S/C15H21BrINO/c1-18-15(6-2-4-12-5-3-9-19-12)13-10-11(17)7-8-14(13)16/h7-8,10,12,15,18H,2-6,9H2,1H3. The van der Waals surface area contributed by atoms with Crippen LogP contribution in [0, 0.1) is 3.57 Å². The van der Waals surface area contributed by atoms with E-state index in [1.165, 1.54) is 39.3 Å². The third-order valence-electron chi connectivity index (χ3n) is 3.72. The summed E-state index contributed by atoms with van der Waals surface area (Å²) in [5.74, 6) is 0. The van der Waals surface area contributed by atoms with Crippen molar-refractivity contribution < 1.29 is 4.74 Å². The summed E-state index contributed by atoms with van der Waals surface area (Å²) < 4.78 is 8.17. The second-order valence-electron chi connectivity index (χ2n) is 5.07. The summed E-state index contributed by atoms with van der Waals surface area (Å²) in [6, 6.07) is 6.96. The Morgan fingerprint density at radius 2 is 2.37 bits per heavy atom. The number of hydrogen-bond acceptors (Lipinski definition) is 2. The predicted octanol–water partition coefficient (Wildman–Crippen LogP) is 4.66. The molecule has 1 fully saturated rings. The minimum Gasteiger partial charge on any atom is -0.378 e. The Kier molecular flexibility index (Phi) is 6.59. The average Bonchev–Trinajstić information content (AvgIpc) is 2.91. The Morgan fingerprint density at radius 3 is 3.05 bits per heavy atom. The molecule has 106 valence electrons. The Hall–Kier alpha value is 0.350. The van der Waals surface area contributed by atoms with Gasteiger partial charge >= 0.3 is 0 Å². The van der Waals surface area contributed by atoms with Gasteiger partial charge in [-0.1, -0.05) is 15.9 Å². The molecule has 0 aromatic heterocycles. The molecule has 1 N–H and O–H groups in total. The van der Waals surface area contributed by atoms with Crippen molar-refractivity contribution in [1.82, 2.24) is 5.32 Å². The molecule has 0 spiro atoms. The van der Waals surface area contributed by atoms with Gasteiger partial charge in [-0.2, -0.15) is 0 Å². The third-order valence-corrected chi connectivity index (χ3v) is 5.12. The molecular weight excluding hydrogens is 417 g/mol. The quantitative estimate of drug-likeness (QED) is 0.653. The van der Waals surface area contributed by atoms with Gasteiger partial charge in [0.15, 0.2) is 0 Å². The first-order valence-corrected chi connectivity index (χ1v) is 8.81. The molecule has 0 bridgehead atoms. The molecule has 1 aliphatic rings. The molecular formula is C15H21BrINO. The van der Waals surface area contributed by atoms with Crippen LogP contribution in [0.2, 0.25) is 0 Å².